The van der Waals surface area contributed by atoms with E-state index in [-0.39, 0.29) is 5.54 Å². The fraction of sp³-hybridized carbons (Fsp3) is 1.00. The van der Waals surface area contributed by atoms with Gasteiger partial charge in [0, 0.05) is 18.6 Å². The van der Waals surface area contributed by atoms with Crippen LogP contribution in [-0.2, 0) is 4.74 Å². The maximum absolute atomic E-state index is 6.20. The third-order valence-corrected chi connectivity index (χ3v) is 5.09. The van der Waals surface area contributed by atoms with Crippen molar-refractivity contribution in [3.8, 4) is 0 Å². The number of ether oxygens (including phenoxy) is 1. The van der Waals surface area contributed by atoms with Crippen molar-refractivity contribution in [3.05, 3.63) is 0 Å². The van der Waals surface area contributed by atoms with E-state index in [1.807, 2.05) is 0 Å². The van der Waals surface area contributed by atoms with Gasteiger partial charge in [-0.1, -0.05) is 0 Å². The van der Waals surface area contributed by atoms with Crippen molar-refractivity contribution in [3.63, 3.8) is 0 Å². The van der Waals surface area contributed by atoms with E-state index in [4.69, 9.17) is 10.5 Å². The van der Waals surface area contributed by atoms with Gasteiger partial charge < -0.3 is 15.4 Å². The van der Waals surface area contributed by atoms with Gasteiger partial charge >= 0.3 is 0 Å². The van der Waals surface area contributed by atoms with E-state index in [1.54, 1.807) is 0 Å². The summed E-state index contributed by atoms with van der Waals surface area (Å²) < 4.78 is 5.92. The van der Waals surface area contributed by atoms with Crippen LogP contribution in [0.3, 0.4) is 0 Å². The second kappa shape index (κ2) is 6.73. The van der Waals surface area contributed by atoms with Gasteiger partial charge in [-0.05, 0) is 72.6 Å². The van der Waals surface area contributed by atoms with E-state index in [9.17, 15) is 0 Å². The highest BCUT2D eigenvalue weighted by Crippen LogP contribution is 2.36. The minimum Gasteiger partial charge on any atom is -0.375 e. The minimum absolute atomic E-state index is 0.181. The molecule has 0 aromatic heterocycles. The van der Waals surface area contributed by atoms with Crippen LogP contribution >= 0.6 is 0 Å². The Labute approximate surface area is 124 Å². The number of nitrogens with zero attached hydrogens (tertiary/aromatic N) is 2. The SMILES string of the molecule is CC1CC(CN)(N2CCC(CN(C)C)CC2)CC(C)O1. The topological polar surface area (TPSA) is 41.7 Å². The molecule has 2 heterocycles. The Morgan fingerprint density at radius 3 is 2.15 bits per heavy atom. The lowest BCUT2D eigenvalue weighted by Crippen LogP contribution is -2.61. The molecule has 2 saturated heterocycles. The monoisotopic (exact) mass is 283 g/mol. The van der Waals surface area contributed by atoms with Gasteiger partial charge in [-0.25, -0.2) is 0 Å². The third-order valence-electron chi connectivity index (χ3n) is 5.09. The van der Waals surface area contributed by atoms with E-state index in [2.05, 4.69) is 37.7 Å². The highest BCUT2D eigenvalue weighted by atomic mass is 16.5. The van der Waals surface area contributed by atoms with Crippen molar-refractivity contribution in [1.82, 2.24) is 9.80 Å². The lowest BCUT2D eigenvalue weighted by atomic mass is 9.80. The van der Waals surface area contributed by atoms with Crippen molar-refractivity contribution < 1.29 is 4.74 Å². The van der Waals surface area contributed by atoms with Crippen LogP contribution in [0.25, 0.3) is 0 Å². The zero-order valence-electron chi connectivity index (χ0n) is 13.8. The van der Waals surface area contributed by atoms with Crippen LogP contribution in [0.5, 0.6) is 0 Å². The van der Waals surface area contributed by atoms with Crippen LogP contribution in [0.2, 0.25) is 0 Å². The van der Waals surface area contributed by atoms with Crippen LogP contribution in [0.4, 0.5) is 0 Å². The molecule has 2 fully saturated rings. The Bertz CT molecular complexity index is 290. The summed E-state index contributed by atoms with van der Waals surface area (Å²) in [5, 5.41) is 0. The molecule has 0 aliphatic carbocycles. The van der Waals surface area contributed by atoms with Gasteiger partial charge in [0.1, 0.15) is 0 Å². The van der Waals surface area contributed by atoms with E-state index in [0.29, 0.717) is 12.2 Å². The van der Waals surface area contributed by atoms with E-state index >= 15 is 0 Å². The first-order chi connectivity index (χ1) is 9.45. The second-order valence-corrected chi connectivity index (χ2v) is 7.29. The van der Waals surface area contributed by atoms with Crippen LogP contribution in [0.15, 0.2) is 0 Å². The molecule has 2 aliphatic rings. The molecular formula is C16H33N3O. The van der Waals surface area contributed by atoms with Crippen LogP contribution in [-0.4, -0.2) is 67.8 Å². The normalized spacial score (nSPS) is 37.5. The van der Waals surface area contributed by atoms with Crippen molar-refractivity contribution in [1.29, 1.82) is 0 Å². The largest absolute Gasteiger partial charge is 0.375 e. The first-order valence-electron chi connectivity index (χ1n) is 8.20. The van der Waals surface area contributed by atoms with Crippen molar-refractivity contribution in [2.75, 3.05) is 40.3 Å². The second-order valence-electron chi connectivity index (χ2n) is 7.29. The van der Waals surface area contributed by atoms with E-state index in [0.717, 1.165) is 25.3 Å². The van der Waals surface area contributed by atoms with E-state index < -0.39 is 0 Å². The summed E-state index contributed by atoms with van der Waals surface area (Å²) in [4.78, 5) is 4.99. The molecule has 4 nitrogen and oxygen atoms in total. The molecule has 2 atom stereocenters. The average molecular weight is 283 g/mol. The smallest absolute Gasteiger partial charge is 0.0568 e. The molecule has 0 aromatic carbocycles. The predicted molar refractivity (Wildman–Crippen MR) is 83.9 cm³/mol. The molecule has 20 heavy (non-hydrogen) atoms. The van der Waals surface area contributed by atoms with Gasteiger partial charge in [0.05, 0.1) is 12.2 Å². The summed E-state index contributed by atoms with van der Waals surface area (Å²) in [5.41, 5.74) is 6.38. The summed E-state index contributed by atoms with van der Waals surface area (Å²) in [7, 11) is 4.35. The fourth-order valence-electron chi connectivity index (χ4n) is 4.31. The maximum atomic E-state index is 6.20. The van der Waals surface area contributed by atoms with Crippen LogP contribution < -0.4 is 5.73 Å². The molecule has 0 radical (unpaired) electrons. The molecule has 2 unspecified atom stereocenters. The van der Waals surface area contributed by atoms with Crippen LogP contribution in [0, 0.1) is 5.92 Å². The zero-order valence-corrected chi connectivity index (χ0v) is 13.8. The lowest BCUT2D eigenvalue weighted by molar-refractivity contribution is -0.109. The average Bonchev–Trinajstić information content (AvgIpc) is 2.37. The molecule has 0 aromatic rings. The predicted octanol–water partition coefficient (Wildman–Crippen LogP) is 1.54. The van der Waals surface area contributed by atoms with Gasteiger partial charge in [-0.2, -0.15) is 0 Å². The summed E-state index contributed by atoms with van der Waals surface area (Å²) >= 11 is 0. The Morgan fingerprint density at radius 2 is 1.70 bits per heavy atom. The number of rotatable bonds is 4. The number of piperidine rings is 1. The molecular weight excluding hydrogens is 250 g/mol. The Kier molecular flexibility index (Phi) is 5.46. The van der Waals surface area contributed by atoms with Crippen molar-refractivity contribution >= 4 is 0 Å². The quantitative estimate of drug-likeness (QED) is 0.850. The first-order valence-corrected chi connectivity index (χ1v) is 8.20. The number of likely N-dealkylation sites (tertiary alicyclic amines) is 1. The molecule has 0 spiro atoms. The highest BCUT2D eigenvalue weighted by Gasteiger charge is 2.43. The first kappa shape index (κ1) is 16.2. The van der Waals surface area contributed by atoms with Crippen molar-refractivity contribution in [2.45, 2.75) is 57.3 Å². The minimum atomic E-state index is 0.181. The molecule has 118 valence electrons. The maximum Gasteiger partial charge on any atom is 0.0568 e. The molecule has 0 saturated carbocycles. The summed E-state index contributed by atoms with van der Waals surface area (Å²) in [6.07, 6.45) is 5.47. The standard InChI is InChI=1S/C16H33N3O/c1-13-9-16(12-17,10-14(2)20-13)19-7-5-15(6-8-19)11-18(3)4/h13-15H,5-12,17H2,1-4H3. The number of hydrogen-bond donors (Lipinski definition) is 1. The van der Waals surface area contributed by atoms with Gasteiger partial charge in [-0.15, -0.1) is 0 Å². The molecule has 2 aliphatic heterocycles. The van der Waals surface area contributed by atoms with Gasteiger partial charge in [0.15, 0.2) is 0 Å². The number of nitrogens with two attached hydrogens (primary N) is 1. The Hall–Kier alpha value is -0.160. The summed E-state index contributed by atoms with van der Waals surface area (Å²) in [6, 6.07) is 0. The molecule has 0 bridgehead atoms. The van der Waals surface area contributed by atoms with Gasteiger partial charge in [0.2, 0.25) is 0 Å². The Morgan fingerprint density at radius 1 is 1.15 bits per heavy atom. The molecule has 2 N–H and O–H groups in total. The van der Waals surface area contributed by atoms with E-state index in [1.165, 1.54) is 32.5 Å². The summed E-state index contributed by atoms with van der Waals surface area (Å²) in [6.45, 7) is 8.78. The zero-order chi connectivity index (χ0) is 14.8. The Balaban J connectivity index is 1.96. The van der Waals surface area contributed by atoms with Gasteiger partial charge in [0.25, 0.3) is 0 Å². The highest BCUT2D eigenvalue weighted by molar-refractivity contribution is 4.99. The van der Waals surface area contributed by atoms with Gasteiger partial charge in [-0.3, -0.25) is 4.90 Å². The van der Waals surface area contributed by atoms with Crippen molar-refractivity contribution in [2.24, 2.45) is 11.7 Å². The number of hydrogen-bond acceptors (Lipinski definition) is 4. The molecule has 0 amide bonds. The van der Waals surface area contributed by atoms with Crippen LogP contribution in [0.1, 0.15) is 39.5 Å². The fourth-order valence-corrected chi connectivity index (χ4v) is 4.31. The summed E-state index contributed by atoms with van der Waals surface area (Å²) in [5.74, 6) is 0.853. The molecule has 4 heteroatoms. The lowest BCUT2D eigenvalue weighted by Gasteiger charge is -2.51. The third kappa shape index (κ3) is 3.73. The molecule has 2 rings (SSSR count).